The van der Waals surface area contributed by atoms with E-state index in [1.165, 1.54) is 0 Å². The van der Waals surface area contributed by atoms with E-state index in [4.69, 9.17) is 11.6 Å². The highest BCUT2D eigenvalue weighted by atomic mass is 35.5. The van der Waals surface area contributed by atoms with Gasteiger partial charge in [0.05, 0.1) is 18.7 Å². The van der Waals surface area contributed by atoms with Crippen LogP contribution in [0.1, 0.15) is 42.7 Å². The summed E-state index contributed by atoms with van der Waals surface area (Å²) in [6.07, 6.45) is 3.30. The summed E-state index contributed by atoms with van der Waals surface area (Å²) in [5.41, 5.74) is 1.33. The Morgan fingerprint density at radius 1 is 1.21 bits per heavy atom. The second-order valence-electron chi connectivity index (χ2n) is 7.03. The number of carbonyl (C=O) groups excluding carboxylic acids is 2. The molecule has 8 heteroatoms. The van der Waals surface area contributed by atoms with Gasteiger partial charge in [-0.1, -0.05) is 28.9 Å². The molecule has 1 aromatic heterocycles. The average Bonchev–Trinajstić information content (AvgIpc) is 3.18. The lowest BCUT2D eigenvalue weighted by Gasteiger charge is -2.34. The van der Waals surface area contributed by atoms with Crippen molar-refractivity contribution in [3.63, 3.8) is 0 Å². The average molecular weight is 404 g/mol. The minimum absolute atomic E-state index is 0.133. The van der Waals surface area contributed by atoms with E-state index in [1.807, 2.05) is 43.0 Å². The molecular weight excluding hydrogens is 378 g/mol. The van der Waals surface area contributed by atoms with Gasteiger partial charge in [0.25, 0.3) is 5.91 Å². The van der Waals surface area contributed by atoms with E-state index < -0.39 is 0 Å². The SMILES string of the molecule is CCN(CC)C(=O)C1CCCN(C(=O)c2cn(Cc3ccc(Cl)cc3)nn2)C1. The number of benzene rings is 1. The van der Waals surface area contributed by atoms with Gasteiger partial charge >= 0.3 is 0 Å². The molecule has 0 N–H and O–H groups in total. The second-order valence-corrected chi connectivity index (χ2v) is 7.47. The molecule has 1 unspecified atom stereocenters. The summed E-state index contributed by atoms with van der Waals surface area (Å²) in [5, 5.41) is 8.79. The number of likely N-dealkylation sites (tertiary alicyclic amines) is 1. The number of nitrogens with zero attached hydrogens (tertiary/aromatic N) is 5. The van der Waals surface area contributed by atoms with Crippen molar-refractivity contribution < 1.29 is 9.59 Å². The molecule has 1 aliphatic heterocycles. The Labute approximate surface area is 170 Å². The molecule has 3 rings (SSSR count). The summed E-state index contributed by atoms with van der Waals surface area (Å²) in [5.74, 6) is -0.171. The number of hydrogen-bond donors (Lipinski definition) is 0. The molecule has 2 heterocycles. The molecule has 1 aliphatic rings. The third kappa shape index (κ3) is 4.70. The minimum atomic E-state index is -0.167. The normalized spacial score (nSPS) is 16.8. The second kappa shape index (κ2) is 9.19. The van der Waals surface area contributed by atoms with Crippen molar-refractivity contribution in [1.29, 1.82) is 0 Å². The fraction of sp³-hybridized carbons (Fsp3) is 0.500. The maximum Gasteiger partial charge on any atom is 0.276 e. The summed E-state index contributed by atoms with van der Waals surface area (Å²) in [6, 6.07) is 7.47. The first-order chi connectivity index (χ1) is 13.5. The molecule has 7 nitrogen and oxygen atoms in total. The molecule has 150 valence electrons. The largest absolute Gasteiger partial charge is 0.343 e. The maximum absolute atomic E-state index is 12.9. The van der Waals surface area contributed by atoms with Crippen LogP contribution in [0.25, 0.3) is 0 Å². The third-order valence-corrected chi connectivity index (χ3v) is 5.40. The van der Waals surface area contributed by atoms with Crippen molar-refractivity contribution in [3.05, 3.63) is 46.7 Å². The van der Waals surface area contributed by atoms with Gasteiger partial charge in [-0.2, -0.15) is 0 Å². The summed E-state index contributed by atoms with van der Waals surface area (Å²) in [7, 11) is 0. The Hall–Kier alpha value is -2.41. The number of rotatable bonds is 6. The van der Waals surface area contributed by atoms with Crippen LogP contribution in [0.5, 0.6) is 0 Å². The van der Waals surface area contributed by atoms with Crippen LogP contribution in [0.2, 0.25) is 5.02 Å². The number of hydrogen-bond acceptors (Lipinski definition) is 4. The molecule has 28 heavy (non-hydrogen) atoms. The highest BCUT2D eigenvalue weighted by molar-refractivity contribution is 6.30. The molecular formula is C20H26ClN5O2. The highest BCUT2D eigenvalue weighted by Crippen LogP contribution is 2.20. The lowest BCUT2D eigenvalue weighted by atomic mass is 9.96. The molecule has 1 fully saturated rings. The molecule has 2 aromatic rings. The molecule has 1 saturated heterocycles. The van der Waals surface area contributed by atoms with Gasteiger partial charge in [-0.05, 0) is 44.4 Å². The van der Waals surface area contributed by atoms with Gasteiger partial charge in [-0.25, -0.2) is 4.68 Å². The first kappa shape index (κ1) is 20.3. The molecule has 2 amide bonds. The Morgan fingerprint density at radius 3 is 2.61 bits per heavy atom. The number of carbonyl (C=O) groups is 2. The maximum atomic E-state index is 12.9. The predicted octanol–water partition coefficient (Wildman–Crippen LogP) is 2.70. The Balaban J connectivity index is 1.64. The minimum Gasteiger partial charge on any atom is -0.343 e. The van der Waals surface area contributed by atoms with Gasteiger partial charge in [-0.15, -0.1) is 5.10 Å². The molecule has 0 aliphatic carbocycles. The first-order valence-corrected chi connectivity index (χ1v) is 10.1. The standard InChI is InChI=1S/C20H26ClN5O2/c1-3-24(4-2)19(27)16-6-5-11-25(13-16)20(28)18-14-26(23-22-18)12-15-7-9-17(21)10-8-15/h7-10,14,16H,3-6,11-13H2,1-2H3. The van der Waals surface area contributed by atoms with Gasteiger partial charge in [-0.3, -0.25) is 9.59 Å². The van der Waals surface area contributed by atoms with E-state index in [1.54, 1.807) is 15.8 Å². The fourth-order valence-electron chi connectivity index (χ4n) is 3.57. The van der Waals surface area contributed by atoms with Gasteiger partial charge in [0.2, 0.25) is 5.91 Å². The van der Waals surface area contributed by atoms with E-state index in [2.05, 4.69) is 10.3 Å². The van der Waals surface area contributed by atoms with Crippen LogP contribution in [-0.2, 0) is 11.3 Å². The lowest BCUT2D eigenvalue weighted by Crippen LogP contribution is -2.46. The Kier molecular flexibility index (Phi) is 6.67. The van der Waals surface area contributed by atoms with Gasteiger partial charge in [0, 0.05) is 31.2 Å². The quantitative estimate of drug-likeness (QED) is 0.743. The fourth-order valence-corrected chi connectivity index (χ4v) is 3.70. The zero-order valence-electron chi connectivity index (χ0n) is 16.3. The smallest absolute Gasteiger partial charge is 0.276 e. The van der Waals surface area contributed by atoms with Gasteiger partial charge in [0.15, 0.2) is 5.69 Å². The van der Waals surface area contributed by atoms with Crippen molar-refractivity contribution in [3.8, 4) is 0 Å². The van der Waals surface area contributed by atoms with Crippen molar-refractivity contribution in [1.82, 2.24) is 24.8 Å². The highest BCUT2D eigenvalue weighted by Gasteiger charge is 2.31. The van der Waals surface area contributed by atoms with Crippen LogP contribution >= 0.6 is 11.6 Å². The predicted molar refractivity (Wildman–Crippen MR) is 107 cm³/mol. The monoisotopic (exact) mass is 403 g/mol. The van der Waals surface area contributed by atoms with Crippen molar-refractivity contribution in [2.24, 2.45) is 5.92 Å². The molecule has 1 aromatic carbocycles. The third-order valence-electron chi connectivity index (χ3n) is 5.15. The number of piperidine rings is 1. The van der Waals surface area contributed by atoms with E-state index in [-0.39, 0.29) is 17.7 Å². The van der Waals surface area contributed by atoms with E-state index >= 15 is 0 Å². The van der Waals surface area contributed by atoms with E-state index in [0.29, 0.717) is 43.4 Å². The van der Waals surface area contributed by atoms with Crippen LogP contribution in [0.15, 0.2) is 30.5 Å². The number of amides is 2. The van der Waals surface area contributed by atoms with Crippen molar-refractivity contribution >= 4 is 23.4 Å². The molecule has 0 spiro atoms. The van der Waals surface area contributed by atoms with Crippen LogP contribution in [0.3, 0.4) is 0 Å². The molecule has 0 bridgehead atoms. The lowest BCUT2D eigenvalue weighted by molar-refractivity contribution is -0.136. The summed E-state index contributed by atoms with van der Waals surface area (Å²) >= 11 is 5.91. The van der Waals surface area contributed by atoms with E-state index in [0.717, 1.165) is 18.4 Å². The Morgan fingerprint density at radius 2 is 1.93 bits per heavy atom. The van der Waals surface area contributed by atoms with Crippen LogP contribution < -0.4 is 0 Å². The van der Waals surface area contributed by atoms with Crippen LogP contribution in [-0.4, -0.2) is 62.8 Å². The summed E-state index contributed by atoms with van der Waals surface area (Å²) < 4.78 is 1.64. The van der Waals surface area contributed by atoms with Crippen molar-refractivity contribution in [2.45, 2.75) is 33.2 Å². The molecule has 0 radical (unpaired) electrons. The molecule has 1 atom stereocenters. The zero-order valence-corrected chi connectivity index (χ0v) is 17.1. The zero-order chi connectivity index (χ0) is 20.1. The topological polar surface area (TPSA) is 71.3 Å². The summed E-state index contributed by atoms with van der Waals surface area (Å²) in [6.45, 7) is 6.94. The number of halogens is 1. The van der Waals surface area contributed by atoms with E-state index in [9.17, 15) is 9.59 Å². The van der Waals surface area contributed by atoms with Crippen LogP contribution in [0, 0.1) is 5.92 Å². The molecule has 0 saturated carbocycles. The summed E-state index contributed by atoms with van der Waals surface area (Å²) in [4.78, 5) is 29.1. The van der Waals surface area contributed by atoms with Crippen LogP contribution in [0.4, 0.5) is 0 Å². The van der Waals surface area contributed by atoms with Crippen molar-refractivity contribution in [2.75, 3.05) is 26.2 Å². The Bertz CT molecular complexity index is 816. The number of aromatic nitrogens is 3. The first-order valence-electron chi connectivity index (χ1n) is 9.74. The van der Waals surface area contributed by atoms with Gasteiger partial charge < -0.3 is 9.80 Å². The van der Waals surface area contributed by atoms with Gasteiger partial charge in [0.1, 0.15) is 0 Å².